The summed E-state index contributed by atoms with van der Waals surface area (Å²) in [5, 5.41) is 16.2. The molecule has 2 aromatic heterocycles. The molecule has 0 amide bonds. The zero-order valence-corrected chi connectivity index (χ0v) is 9.82. The van der Waals surface area contributed by atoms with E-state index in [0.29, 0.717) is 29.6 Å². The summed E-state index contributed by atoms with van der Waals surface area (Å²) in [6, 6.07) is 0. The van der Waals surface area contributed by atoms with E-state index in [1.807, 2.05) is 0 Å². The molecule has 0 aromatic carbocycles. The Kier molecular flexibility index (Phi) is 3.15. The summed E-state index contributed by atoms with van der Waals surface area (Å²) >= 11 is 0. The zero-order chi connectivity index (χ0) is 13.1. The standard InChI is InChI=1S/C12H12N4O2/c1-2-3-4-5-8-9(12(17)18)10(13)7-6-14-16-11(7)15-8/h6H,4-5H2,1H3,(H,17,18)(H3,13,14,15,16). The van der Waals surface area contributed by atoms with Crippen LogP contribution >= 0.6 is 0 Å². The molecule has 92 valence electrons. The van der Waals surface area contributed by atoms with Gasteiger partial charge in [-0.15, -0.1) is 11.8 Å². The van der Waals surface area contributed by atoms with Crippen molar-refractivity contribution in [2.24, 2.45) is 0 Å². The molecule has 0 atom stereocenters. The number of nitrogens with two attached hydrogens (primary N) is 1. The van der Waals surface area contributed by atoms with Crippen molar-refractivity contribution in [2.45, 2.75) is 19.8 Å². The first-order valence-electron chi connectivity index (χ1n) is 5.39. The van der Waals surface area contributed by atoms with Gasteiger partial charge in [0.1, 0.15) is 5.56 Å². The molecule has 2 heterocycles. The van der Waals surface area contributed by atoms with Gasteiger partial charge in [0, 0.05) is 12.8 Å². The Balaban J connectivity index is 2.56. The van der Waals surface area contributed by atoms with Crippen LogP contribution in [0.2, 0.25) is 0 Å². The van der Waals surface area contributed by atoms with Gasteiger partial charge >= 0.3 is 5.97 Å². The number of aromatic nitrogens is 3. The number of carboxylic acids is 1. The quantitative estimate of drug-likeness (QED) is 0.703. The predicted molar refractivity (Wildman–Crippen MR) is 67.0 cm³/mol. The van der Waals surface area contributed by atoms with Gasteiger partial charge in [-0.1, -0.05) is 0 Å². The Bertz CT molecular complexity index is 664. The molecule has 0 spiro atoms. The van der Waals surface area contributed by atoms with Crippen LogP contribution in [-0.4, -0.2) is 26.3 Å². The number of rotatable bonds is 3. The van der Waals surface area contributed by atoms with E-state index in [2.05, 4.69) is 27.0 Å². The second-order valence-corrected chi connectivity index (χ2v) is 3.71. The number of aromatic amines is 1. The second-order valence-electron chi connectivity index (χ2n) is 3.71. The van der Waals surface area contributed by atoms with Gasteiger partial charge in [-0.25, -0.2) is 9.78 Å². The molecule has 2 rings (SSSR count). The first-order valence-corrected chi connectivity index (χ1v) is 5.39. The maximum absolute atomic E-state index is 11.3. The average molecular weight is 244 g/mol. The minimum absolute atomic E-state index is 0.0433. The molecule has 18 heavy (non-hydrogen) atoms. The van der Waals surface area contributed by atoms with Crippen molar-refractivity contribution >= 4 is 22.7 Å². The van der Waals surface area contributed by atoms with Gasteiger partial charge < -0.3 is 10.8 Å². The molecule has 0 saturated carbocycles. The number of aryl methyl sites for hydroxylation is 1. The molecule has 0 saturated heterocycles. The summed E-state index contributed by atoms with van der Waals surface area (Å²) in [6.45, 7) is 1.73. The molecule has 0 aliphatic carbocycles. The predicted octanol–water partition coefficient (Wildman–Crippen LogP) is 1.19. The zero-order valence-electron chi connectivity index (χ0n) is 9.82. The summed E-state index contributed by atoms with van der Waals surface area (Å²) in [5.74, 6) is 4.55. The number of anilines is 1. The van der Waals surface area contributed by atoms with Gasteiger partial charge in [-0.2, -0.15) is 5.10 Å². The highest BCUT2D eigenvalue weighted by atomic mass is 16.4. The van der Waals surface area contributed by atoms with E-state index >= 15 is 0 Å². The molecular formula is C12H12N4O2. The highest BCUT2D eigenvalue weighted by Crippen LogP contribution is 2.25. The lowest BCUT2D eigenvalue weighted by Gasteiger charge is -2.07. The number of carboxylic acid groups (broad SMARTS) is 1. The molecule has 0 bridgehead atoms. The Morgan fingerprint density at radius 1 is 1.61 bits per heavy atom. The number of nitrogen functional groups attached to an aromatic ring is 1. The number of fused-ring (bicyclic) bond motifs is 1. The average Bonchev–Trinajstić information content (AvgIpc) is 2.77. The molecule has 6 heteroatoms. The van der Waals surface area contributed by atoms with E-state index in [-0.39, 0.29) is 11.3 Å². The number of pyridine rings is 1. The van der Waals surface area contributed by atoms with Crippen molar-refractivity contribution in [1.82, 2.24) is 15.2 Å². The fourth-order valence-electron chi connectivity index (χ4n) is 1.77. The Labute approximate surface area is 103 Å². The van der Waals surface area contributed by atoms with Crippen LogP contribution < -0.4 is 5.73 Å². The Hall–Kier alpha value is -2.55. The smallest absolute Gasteiger partial charge is 0.339 e. The number of carbonyl (C=O) groups is 1. The lowest BCUT2D eigenvalue weighted by Crippen LogP contribution is -2.09. The maximum atomic E-state index is 11.3. The van der Waals surface area contributed by atoms with Gasteiger partial charge in [-0.3, -0.25) is 5.10 Å². The summed E-state index contributed by atoms with van der Waals surface area (Å²) in [6.07, 6.45) is 2.46. The monoisotopic (exact) mass is 244 g/mol. The largest absolute Gasteiger partial charge is 0.478 e. The molecule has 0 radical (unpaired) electrons. The molecule has 6 nitrogen and oxygen atoms in total. The SMILES string of the molecule is CC#CCCc1nc2[nH]ncc2c(N)c1C(=O)O. The van der Waals surface area contributed by atoms with Crippen LogP contribution in [0, 0.1) is 11.8 Å². The van der Waals surface area contributed by atoms with Gasteiger partial charge in [0.2, 0.25) is 0 Å². The van der Waals surface area contributed by atoms with E-state index in [1.54, 1.807) is 6.92 Å². The van der Waals surface area contributed by atoms with Crippen LogP contribution in [0.5, 0.6) is 0 Å². The van der Waals surface area contributed by atoms with Crippen molar-refractivity contribution in [1.29, 1.82) is 0 Å². The van der Waals surface area contributed by atoms with Gasteiger partial charge in [0.05, 0.1) is 23.0 Å². The molecule has 0 fully saturated rings. The topological polar surface area (TPSA) is 105 Å². The van der Waals surface area contributed by atoms with E-state index in [0.717, 1.165) is 0 Å². The molecule has 0 aliphatic heterocycles. The number of H-pyrrole nitrogens is 1. The lowest BCUT2D eigenvalue weighted by atomic mass is 10.1. The number of nitrogens with one attached hydrogen (secondary N) is 1. The third-order valence-corrected chi connectivity index (χ3v) is 2.59. The summed E-state index contributed by atoms with van der Waals surface area (Å²) in [7, 11) is 0. The third kappa shape index (κ3) is 1.98. The minimum Gasteiger partial charge on any atom is -0.478 e. The summed E-state index contributed by atoms with van der Waals surface area (Å²) < 4.78 is 0. The van der Waals surface area contributed by atoms with Gasteiger partial charge in [-0.05, 0) is 6.92 Å². The van der Waals surface area contributed by atoms with Crippen LogP contribution in [-0.2, 0) is 6.42 Å². The molecule has 2 aromatic rings. The number of hydrogen-bond donors (Lipinski definition) is 3. The first-order chi connectivity index (χ1) is 8.65. The maximum Gasteiger partial charge on any atom is 0.339 e. The van der Waals surface area contributed by atoms with Crippen LogP contribution in [0.3, 0.4) is 0 Å². The fraction of sp³-hybridized carbons (Fsp3) is 0.250. The lowest BCUT2D eigenvalue weighted by molar-refractivity contribution is 0.0696. The van der Waals surface area contributed by atoms with E-state index in [1.165, 1.54) is 6.20 Å². The Morgan fingerprint density at radius 3 is 3.06 bits per heavy atom. The van der Waals surface area contributed by atoms with Crippen LogP contribution in [0.1, 0.15) is 29.4 Å². The number of aromatic carboxylic acids is 1. The van der Waals surface area contributed by atoms with Crippen molar-refractivity contribution in [2.75, 3.05) is 5.73 Å². The van der Waals surface area contributed by atoms with Crippen molar-refractivity contribution in [3.8, 4) is 11.8 Å². The number of hydrogen-bond acceptors (Lipinski definition) is 4. The highest BCUT2D eigenvalue weighted by molar-refractivity contribution is 6.03. The van der Waals surface area contributed by atoms with E-state index < -0.39 is 5.97 Å². The van der Waals surface area contributed by atoms with Crippen molar-refractivity contribution in [3.05, 3.63) is 17.5 Å². The van der Waals surface area contributed by atoms with E-state index in [4.69, 9.17) is 5.73 Å². The van der Waals surface area contributed by atoms with Crippen LogP contribution in [0.15, 0.2) is 6.20 Å². The van der Waals surface area contributed by atoms with Crippen molar-refractivity contribution < 1.29 is 9.90 Å². The normalized spacial score (nSPS) is 10.1. The first kappa shape index (κ1) is 11.9. The van der Waals surface area contributed by atoms with Crippen LogP contribution in [0.4, 0.5) is 5.69 Å². The summed E-state index contributed by atoms with van der Waals surface area (Å²) in [5.41, 5.74) is 7.02. The fourth-order valence-corrected chi connectivity index (χ4v) is 1.77. The van der Waals surface area contributed by atoms with Crippen molar-refractivity contribution in [3.63, 3.8) is 0 Å². The van der Waals surface area contributed by atoms with Crippen LogP contribution in [0.25, 0.3) is 11.0 Å². The molecular weight excluding hydrogens is 232 g/mol. The van der Waals surface area contributed by atoms with Gasteiger partial charge in [0.25, 0.3) is 0 Å². The molecule has 0 unspecified atom stereocenters. The minimum atomic E-state index is -1.08. The molecule has 0 aliphatic rings. The Morgan fingerprint density at radius 2 is 2.39 bits per heavy atom. The third-order valence-electron chi connectivity index (χ3n) is 2.59. The highest BCUT2D eigenvalue weighted by Gasteiger charge is 2.19. The summed E-state index contributed by atoms with van der Waals surface area (Å²) in [4.78, 5) is 15.5. The van der Waals surface area contributed by atoms with E-state index in [9.17, 15) is 9.90 Å². The van der Waals surface area contributed by atoms with Gasteiger partial charge in [0.15, 0.2) is 5.65 Å². The number of nitrogens with zero attached hydrogens (tertiary/aromatic N) is 2. The second kappa shape index (κ2) is 4.75. The molecule has 4 N–H and O–H groups in total.